The first-order chi connectivity index (χ1) is 20.0. The number of anilines is 2. The molecule has 0 amide bonds. The van der Waals surface area contributed by atoms with E-state index in [1.807, 2.05) is 0 Å². The van der Waals surface area contributed by atoms with Gasteiger partial charge >= 0.3 is 0 Å². The standard InChI is InChI=1S/C34H44Br2N4S/c1-3-5-7-9-11-13-15-25-17-21-27(22-18-25)29-30(33(40(35)36)32-34(31(29)37)41-39-38-32)28-23-19-26(20-24-28)16-14-12-10-8-6-4-2/h17-24H,3-16,37H2,1-2H3. The Bertz CT molecular complexity index is 1350. The van der Waals surface area contributed by atoms with E-state index in [-0.39, 0.29) is 0 Å². The molecule has 0 saturated carbocycles. The Labute approximate surface area is 268 Å². The number of nitrogens with two attached hydrogens (primary N) is 1. The lowest BCUT2D eigenvalue weighted by Crippen LogP contribution is -2.02. The summed E-state index contributed by atoms with van der Waals surface area (Å²) in [5, 5.41) is 4.47. The van der Waals surface area contributed by atoms with Crippen molar-refractivity contribution in [3.05, 3.63) is 59.7 Å². The van der Waals surface area contributed by atoms with Crippen molar-refractivity contribution in [3.63, 3.8) is 0 Å². The quantitative estimate of drug-likeness (QED) is 0.0677. The zero-order valence-corrected chi connectivity index (χ0v) is 28.6. The first-order valence-corrected chi connectivity index (χ1v) is 17.6. The number of rotatable bonds is 17. The average molecular weight is 701 g/mol. The third kappa shape index (κ3) is 8.55. The van der Waals surface area contributed by atoms with Gasteiger partial charge in [0.05, 0.1) is 43.7 Å². The monoisotopic (exact) mass is 698 g/mol. The van der Waals surface area contributed by atoms with Crippen LogP contribution in [0.1, 0.15) is 102 Å². The lowest BCUT2D eigenvalue weighted by atomic mass is 9.89. The second kappa shape index (κ2) is 16.6. The van der Waals surface area contributed by atoms with Gasteiger partial charge < -0.3 is 5.73 Å². The summed E-state index contributed by atoms with van der Waals surface area (Å²) in [5.74, 6) is 0. The molecule has 0 aliphatic carbocycles. The van der Waals surface area contributed by atoms with Gasteiger partial charge in [-0.05, 0) is 59.5 Å². The van der Waals surface area contributed by atoms with Gasteiger partial charge in [-0.15, -0.1) is 5.10 Å². The number of nitrogens with zero attached hydrogens (tertiary/aromatic N) is 3. The van der Waals surface area contributed by atoms with E-state index in [4.69, 9.17) is 5.73 Å². The molecule has 7 heteroatoms. The number of aromatic nitrogens is 2. The maximum atomic E-state index is 6.91. The number of hydrogen-bond donors (Lipinski definition) is 1. The van der Waals surface area contributed by atoms with Gasteiger partial charge in [-0.1, -0.05) is 131 Å². The molecule has 0 fully saturated rings. The van der Waals surface area contributed by atoms with E-state index in [2.05, 4.69) is 104 Å². The molecule has 0 radical (unpaired) electrons. The number of nitrogen functional groups attached to an aromatic ring is 1. The van der Waals surface area contributed by atoms with Crippen molar-refractivity contribution in [3.8, 4) is 22.3 Å². The lowest BCUT2D eigenvalue weighted by molar-refractivity contribution is 0.607. The van der Waals surface area contributed by atoms with Crippen LogP contribution < -0.4 is 8.69 Å². The minimum Gasteiger partial charge on any atom is -0.397 e. The number of halogens is 2. The van der Waals surface area contributed by atoms with Gasteiger partial charge in [-0.3, -0.25) is 0 Å². The average Bonchev–Trinajstić information content (AvgIpc) is 3.47. The van der Waals surface area contributed by atoms with Crippen molar-refractivity contribution in [1.82, 2.24) is 9.59 Å². The molecule has 220 valence electrons. The summed E-state index contributed by atoms with van der Waals surface area (Å²) in [7, 11) is 0. The highest BCUT2D eigenvalue weighted by Gasteiger charge is 2.25. The number of unbranched alkanes of at least 4 members (excludes halogenated alkanes) is 10. The van der Waals surface area contributed by atoms with Crippen LogP contribution in [-0.4, -0.2) is 9.59 Å². The normalized spacial score (nSPS) is 11.4. The van der Waals surface area contributed by atoms with Gasteiger partial charge in [-0.2, -0.15) is 0 Å². The Morgan fingerprint density at radius 3 is 1.61 bits per heavy atom. The molecule has 3 aromatic carbocycles. The molecular formula is C34H44Br2N4S. The molecule has 2 N–H and O–H groups in total. The Morgan fingerprint density at radius 1 is 0.659 bits per heavy atom. The van der Waals surface area contributed by atoms with Crippen molar-refractivity contribution in [2.24, 2.45) is 0 Å². The highest BCUT2D eigenvalue weighted by atomic mass is 79.9. The van der Waals surface area contributed by atoms with Crippen molar-refractivity contribution in [2.75, 3.05) is 8.69 Å². The molecule has 41 heavy (non-hydrogen) atoms. The van der Waals surface area contributed by atoms with Crippen LogP contribution in [0, 0.1) is 0 Å². The molecule has 0 bridgehead atoms. The number of fused-ring (bicyclic) bond motifs is 1. The van der Waals surface area contributed by atoms with Gasteiger partial charge in [0.25, 0.3) is 0 Å². The van der Waals surface area contributed by atoms with Crippen LogP contribution in [0.4, 0.5) is 11.4 Å². The van der Waals surface area contributed by atoms with E-state index in [9.17, 15) is 0 Å². The van der Waals surface area contributed by atoms with E-state index in [1.54, 1.807) is 2.95 Å². The number of benzene rings is 3. The molecule has 4 rings (SSSR count). The highest BCUT2D eigenvalue weighted by molar-refractivity contribution is 9.25. The topological polar surface area (TPSA) is 55.0 Å². The van der Waals surface area contributed by atoms with Gasteiger partial charge in [-0.25, -0.2) is 2.95 Å². The third-order valence-corrected chi connectivity index (χ3v) is 9.47. The minimum atomic E-state index is 0.732. The Morgan fingerprint density at radius 2 is 1.12 bits per heavy atom. The van der Waals surface area contributed by atoms with E-state index >= 15 is 0 Å². The van der Waals surface area contributed by atoms with E-state index in [0.717, 1.165) is 56.7 Å². The van der Waals surface area contributed by atoms with Gasteiger partial charge in [0.1, 0.15) is 10.2 Å². The molecule has 0 atom stereocenters. The second-order valence-corrected chi connectivity index (χ2v) is 14.2. The van der Waals surface area contributed by atoms with Crippen LogP contribution in [0.15, 0.2) is 48.5 Å². The summed E-state index contributed by atoms with van der Waals surface area (Å²) in [6, 6.07) is 18.0. The van der Waals surface area contributed by atoms with Gasteiger partial charge in [0, 0.05) is 11.1 Å². The van der Waals surface area contributed by atoms with E-state index in [1.165, 1.54) is 99.7 Å². The zero-order chi connectivity index (χ0) is 29.0. The maximum absolute atomic E-state index is 6.91. The van der Waals surface area contributed by atoms with Crippen LogP contribution >= 0.6 is 43.8 Å². The summed E-state index contributed by atoms with van der Waals surface area (Å²) in [4.78, 5) is 0. The first-order valence-electron chi connectivity index (χ1n) is 15.4. The largest absolute Gasteiger partial charge is 0.397 e. The third-order valence-electron chi connectivity index (χ3n) is 8.01. The van der Waals surface area contributed by atoms with Crippen molar-refractivity contribution >= 4 is 65.4 Å². The summed E-state index contributed by atoms with van der Waals surface area (Å²) >= 11 is 8.65. The van der Waals surface area contributed by atoms with Crippen LogP contribution in [0.3, 0.4) is 0 Å². The SMILES string of the molecule is CCCCCCCCc1ccc(-c2c(-c3ccc(CCCCCCCC)cc3)c(N)c3snnc3c2N(Br)Br)cc1. The van der Waals surface area contributed by atoms with Crippen molar-refractivity contribution in [2.45, 2.75) is 104 Å². The lowest BCUT2D eigenvalue weighted by Gasteiger charge is -2.21. The van der Waals surface area contributed by atoms with Crippen LogP contribution in [0.5, 0.6) is 0 Å². The van der Waals surface area contributed by atoms with Crippen molar-refractivity contribution < 1.29 is 0 Å². The Balaban J connectivity index is 1.61. The maximum Gasteiger partial charge on any atom is 0.133 e. The predicted molar refractivity (Wildman–Crippen MR) is 187 cm³/mol. The molecule has 1 heterocycles. The van der Waals surface area contributed by atoms with Crippen molar-refractivity contribution in [1.29, 1.82) is 0 Å². The van der Waals surface area contributed by atoms with Gasteiger partial charge in [0.2, 0.25) is 0 Å². The molecule has 4 aromatic rings. The van der Waals surface area contributed by atoms with Crippen LogP contribution in [0.2, 0.25) is 0 Å². The summed E-state index contributed by atoms with van der Waals surface area (Å²) in [6.45, 7) is 4.54. The second-order valence-electron chi connectivity index (χ2n) is 11.1. The summed E-state index contributed by atoms with van der Waals surface area (Å²) in [6.07, 6.45) is 18.0. The molecule has 0 unspecified atom stereocenters. The first kappa shape index (κ1) is 32.0. The van der Waals surface area contributed by atoms with Crippen LogP contribution in [0.25, 0.3) is 32.5 Å². The van der Waals surface area contributed by atoms with E-state index < -0.39 is 0 Å². The summed E-state index contributed by atoms with van der Waals surface area (Å²) in [5.41, 5.74) is 16.4. The molecule has 0 aliphatic rings. The molecule has 4 nitrogen and oxygen atoms in total. The number of hydrogen-bond acceptors (Lipinski definition) is 5. The molecule has 0 spiro atoms. The molecule has 0 aliphatic heterocycles. The highest BCUT2D eigenvalue weighted by Crippen LogP contribution is 2.50. The molecule has 1 aromatic heterocycles. The number of aryl methyl sites for hydroxylation is 2. The fraction of sp³-hybridized carbons (Fsp3) is 0.471. The van der Waals surface area contributed by atoms with E-state index in [0.29, 0.717) is 0 Å². The fourth-order valence-electron chi connectivity index (χ4n) is 5.65. The molecule has 0 saturated heterocycles. The minimum absolute atomic E-state index is 0.732. The Kier molecular flexibility index (Phi) is 13.0. The molecular weight excluding hydrogens is 656 g/mol. The smallest absolute Gasteiger partial charge is 0.133 e. The summed E-state index contributed by atoms with van der Waals surface area (Å²) < 4.78 is 6.96. The van der Waals surface area contributed by atoms with Gasteiger partial charge in [0.15, 0.2) is 0 Å². The Hall–Kier alpha value is -1.96. The fourth-order valence-corrected chi connectivity index (χ4v) is 6.97. The van der Waals surface area contributed by atoms with Crippen LogP contribution in [-0.2, 0) is 12.8 Å². The predicted octanol–water partition coefficient (Wildman–Crippen LogP) is 11.8. The zero-order valence-electron chi connectivity index (χ0n) is 24.6.